The molecule has 2 aromatic carbocycles. The van der Waals surface area contributed by atoms with Crippen LogP contribution in [0.3, 0.4) is 0 Å². The molecule has 0 unspecified atom stereocenters. The number of carbonyl (C=O) groups excluding carboxylic acids is 2. The SMILES string of the molecule is CC(C)(C)OC(=O)N[C@@H](CO)[C@H](Cc1ccccc1)C(=O)OCc1ccccc1. The van der Waals surface area contributed by atoms with Gasteiger partial charge in [-0.05, 0) is 38.3 Å². The van der Waals surface area contributed by atoms with Crippen LogP contribution in [0.5, 0.6) is 0 Å². The first kappa shape index (κ1) is 22.4. The van der Waals surface area contributed by atoms with Crippen molar-refractivity contribution in [2.24, 2.45) is 5.92 Å². The smallest absolute Gasteiger partial charge is 0.407 e. The first-order valence-electron chi connectivity index (χ1n) is 9.63. The molecule has 0 saturated heterocycles. The van der Waals surface area contributed by atoms with Crippen molar-refractivity contribution in [2.45, 2.75) is 45.4 Å². The van der Waals surface area contributed by atoms with Gasteiger partial charge in [0, 0.05) is 0 Å². The molecule has 0 bridgehead atoms. The molecule has 6 nitrogen and oxygen atoms in total. The minimum Gasteiger partial charge on any atom is -0.461 e. The van der Waals surface area contributed by atoms with Crippen LogP contribution in [0.15, 0.2) is 60.7 Å². The maximum absolute atomic E-state index is 12.9. The van der Waals surface area contributed by atoms with E-state index in [-0.39, 0.29) is 6.61 Å². The van der Waals surface area contributed by atoms with Crippen LogP contribution in [0.4, 0.5) is 4.79 Å². The van der Waals surface area contributed by atoms with Crippen LogP contribution in [0.2, 0.25) is 0 Å². The van der Waals surface area contributed by atoms with E-state index >= 15 is 0 Å². The van der Waals surface area contributed by atoms with Crippen molar-refractivity contribution in [3.05, 3.63) is 71.8 Å². The Labute approximate surface area is 171 Å². The van der Waals surface area contributed by atoms with Gasteiger partial charge in [-0.25, -0.2) is 4.79 Å². The molecule has 6 heteroatoms. The largest absolute Gasteiger partial charge is 0.461 e. The number of nitrogens with one attached hydrogen (secondary N) is 1. The molecule has 0 heterocycles. The fourth-order valence-electron chi connectivity index (χ4n) is 2.83. The van der Waals surface area contributed by atoms with E-state index < -0.39 is 36.2 Å². The second-order valence-corrected chi connectivity index (χ2v) is 7.82. The summed E-state index contributed by atoms with van der Waals surface area (Å²) in [6.45, 7) is 4.94. The van der Waals surface area contributed by atoms with Crippen molar-refractivity contribution in [1.82, 2.24) is 5.32 Å². The molecule has 29 heavy (non-hydrogen) atoms. The summed E-state index contributed by atoms with van der Waals surface area (Å²) in [4.78, 5) is 25.1. The van der Waals surface area contributed by atoms with Gasteiger partial charge < -0.3 is 19.9 Å². The first-order chi connectivity index (χ1) is 13.8. The van der Waals surface area contributed by atoms with E-state index in [2.05, 4.69) is 5.32 Å². The van der Waals surface area contributed by atoms with Gasteiger partial charge >= 0.3 is 12.1 Å². The quantitative estimate of drug-likeness (QED) is 0.664. The van der Waals surface area contributed by atoms with Gasteiger partial charge in [0.2, 0.25) is 0 Å². The molecule has 0 aliphatic rings. The van der Waals surface area contributed by atoms with Gasteiger partial charge in [-0.15, -0.1) is 0 Å². The lowest BCUT2D eigenvalue weighted by atomic mass is 9.92. The Balaban J connectivity index is 2.13. The van der Waals surface area contributed by atoms with Crippen LogP contribution >= 0.6 is 0 Å². The normalized spacial score (nSPS) is 13.2. The Morgan fingerprint density at radius 3 is 2.03 bits per heavy atom. The molecule has 2 aromatic rings. The van der Waals surface area contributed by atoms with E-state index in [4.69, 9.17) is 9.47 Å². The molecule has 2 rings (SSSR count). The third-order valence-corrected chi connectivity index (χ3v) is 4.21. The monoisotopic (exact) mass is 399 g/mol. The molecule has 0 radical (unpaired) electrons. The van der Waals surface area contributed by atoms with Crippen LogP contribution in [0.25, 0.3) is 0 Å². The van der Waals surface area contributed by atoms with Crippen LogP contribution in [-0.2, 0) is 27.3 Å². The van der Waals surface area contributed by atoms with Crippen LogP contribution in [0.1, 0.15) is 31.9 Å². The number of esters is 1. The molecule has 0 spiro atoms. The maximum atomic E-state index is 12.9. The number of ether oxygens (including phenoxy) is 2. The number of carbonyl (C=O) groups is 2. The molecule has 0 fully saturated rings. The molecule has 0 saturated carbocycles. The second-order valence-electron chi connectivity index (χ2n) is 7.82. The number of aliphatic hydroxyl groups is 1. The topological polar surface area (TPSA) is 84.9 Å². The number of aliphatic hydroxyl groups excluding tert-OH is 1. The number of rotatable bonds is 8. The number of hydrogen-bond donors (Lipinski definition) is 2. The summed E-state index contributed by atoms with van der Waals surface area (Å²) in [5.41, 5.74) is 1.07. The molecule has 0 aliphatic heterocycles. The highest BCUT2D eigenvalue weighted by molar-refractivity contribution is 5.75. The molecule has 0 aliphatic carbocycles. The van der Waals surface area contributed by atoms with E-state index in [9.17, 15) is 14.7 Å². The average Bonchev–Trinajstić information content (AvgIpc) is 2.69. The minimum atomic E-state index is -0.840. The summed E-state index contributed by atoms with van der Waals surface area (Å²) < 4.78 is 10.8. The van der Waals surface area contributed by atoms with Gasteiger partial charge in [-0.2, -0.15) is 0 Å². The van der Waals surface area contributed by atoms with Crippen LogP contribution < -0.4 is 5.32 Å². The van der Waals surface area contributed by atoms with E-state index in [0.29, 0.717) is 6.42 Å². The summed E-state index contributed by atoms with van der Waals surface area (Å²) in [5.74, 6) is -1.26. The summed E-state index contributed by atoms with van der Waals surface area (Å²) in [7, 11) is 0. The van der Waals surface area contributed by atoms with Crippen molar-refractivity contribution in [2.75, 3.05) is 6.61 Å². The molecule has 0 aromatic heterocycles. The van der Waals surface area contributed by atoms with Gasteiger partial charge in [0.1, 0.15) is 12.2 Å². The molecule has 156 valence electrons. The average molecular weight is 399 g/mol. The number of alkyl carbamates (subject to hydrolysis) is 1. The highest BCUT2D eigenvalue weighted by Gasteiger charge is 2.32. The fourth-order valence-corrected chi connectivity index (χ4v) is 2.83. The van der Waals surface area contributed by atoms with Crippen molar-refractivity contribution < 1.29 is 24.2 Å². The summed E-state index contributed by atoms with van der Waals surface area (Å²) in [6, 6.07) is 17.9. The molecular formula is C23H29NO5. The maximum Gasteiger partial charge on any atom is 0.407 e. The van der Waals surface area contributed by atoms with E-state index in [1.807, 2.05) is 60.7 Å². The number of benzene rings is 2. The second kappa shape index (κ2) is 10.6. The van der Waals surface area contributed by atoms with Crippen molar-refractivity contribution >= 4 is 12.1 Å². The zero-order valence-electron chi connectivity index (χ0n) is 17.1. The van der Waals surface area contributed by atoms with E-state index in [1.165, 1.54) is 0 Å². The van der Waals surface area contributed by atoms with Crippen molar-refractivity contribution in [3.63, 3.8) is 0 Å². The van der Waals surface area contributed by atoms with Crippen LogP contribution in [0, 0.1) is 5.92 Å². The third-order valence-electron chi connectivity index (χ3n) is 4.21. The minimum absolute atomic E-state index is 0.121. The highest BCUT2D eigenvalue weighted by atomic mass is 16.6. The lowest BCUT2D eigenvalue weighted by Gasteiger charge is -2.27. The summed E-state index contributed by atoms with van der Waals surface area (Å²) in [5, 5.41) is 12.5. The van der Waals surface area contributed by atoms with Gasteiger partial charge in [0.15, 0.2) is 0 Å². The summed E-state index contributed by atoms with van der Waals surface area (Å²) in [6.07, 6.45) is -0.374. The Kier molecular flexibility index (Phi) is 8.21. The molecular weight excluding hydrogens is 370 g/mol. The Hall–Kier alpha value is -2.86. The van der Waals surface area contributed by atoms with Gasteiger partial charge in [-0.1, -0.05) is 60.7 Å². The zero-order valence-corrected chi connectivity index (χ0v) is 17.1. The number of amides is 1. The molecule has 2 atom stereocenters. The fraction of sp³-hybridized carbons (Fsp3) is 0.391. The lowest BCUT2D eigenvalue weighted by Crippen LogP contribution is -2.48. The van der Waals surface area contributed by atoms with E-state index in [0.717, 1.165) is 11.1 Å². The third kappa shape index (κ3) is 7.95. The Morgan fingerprint density at radius 2 is 1.52 bits per heavy atom. The predicted octanol–water partition coefficient (Wildman–Crippen LogP) is 3.47. The Morgan fingerprint density at radius 1 is 0.966 bits per heavy atom. The summed E-state index contributed by atoms with van der Waals surface area (Å²) >= 11 is 0. The molecule has 2 N–H and O–H groups in total. The molecule has 1 amide bonds. The van der Waals surface area contributed by atoms with Crippen LogP contribution in [-0.4, -0.2) is 35.4 Å². The predicted molar refractivity (Wildman–Crippen MR) is 110 cm³/mol. The van der Waals surface area contributed by atoms with Gasteiger partial charge in [0.25, 0.3) is 0 Å². The first-order valence-corrected chi connectivity index (χ1v) is 9.63. The van der Waals surface area contributed by atoms with Gasteiger partial charge in [-0.3, -0.25) is 4.79 Å². The Bertz CT molecular complexity index is 771. The van der Waals surface area contributed by atoms with Crippen molar-refractivity contribution in [3.8, 4) is 0 Å². The van der Waals surface area contributed by atoms with Gasteiger partial charge in [0.05, 0.1) is 18.6 Å². The number of hydrogen-bond acceptors (Lipinski definition) is 5. The standard InChI is InChI=1S/C23H29NO5/c1-23(2,3)29-22(27)24-20(15-25)19(14-17-10-6-4-7-11-17)21(26)28-16-18-12-8-5-9-13-18/h4-13,19-20,25H,14-16H2,1-3H3,(H,24,27)/t19-,20-/m0/s1. The lowest BCUT2D eigenvalue weighted by molar-refractivity contribution is -0.151. The van der Waals surface area contributed by atoms with Crippen molar-refractivity contribution in [1.29, 1.82) is 0 Å². The zero-order chi connectivity index (χ0) is 21.3. The highest BCUT2D eigenvalue weighted by Crippen LogP contribution is 2.17. The van der Waals surface area contributed by atoms with E-state index in [1.54, 1.807) is 20.8 Å².